The van der Waals surface area contributed by atoms with Gasteiger partial charge in [-0.2, -0.15) is 17.5 Å². The number of sulfonamides is 1. The summed E-state index contributed by atoms with van der Waals surface area (Å²) in [4.78, 5) is -0.759. The SMILES string of the molecule is COC1CCN(S(=O)(=O)c2ccc(N)cc2C(F)(F)F)CC1. The highest BCUT2D eigenvalue weighted by Gasteiger charge is 2.40. The van der Waals surface area contributed by atoms with Gasteiger partial charge in [0.05, 0.1) is 16.6 Å². The lowest BCUT2D eigenvalue weighted by atomic mass is 10.1. The predicted octanol–water partition coefficient (Wildman–Crippen LogP) is 2.09. The van der Waals surface area contributed by atoms with Crippen molar-refractivity contribution in [2.75, 3.05) is 25.9 Å². The third kappa shape index (κ3) is 3.36. The van der Waals surface area contributed by atoms with Gasteiger partial charge >= 0.3 is 6.18 Å². The van der Waals surface area contributed by atoms with Crippen LogP contribution in [0.25, 0.3) is 0 Å². The Morgan fingerprint density at radius 1 is 1.27 bits per heavy atom. The number of methoxy groups -OCH3 is 1. The number of alkyl halides is 3. The zero-order valence-corrected chi connectivity index (χ0v) is 12.7. The van der Waals surface area contributed by atoms with Crippen LogP contribution in [0.2, 0.25) is 0 Å². The summed E-state index contributed by atoms with van der Waals surface area (Å²) >= 11 is 0. The summed E-state index contributed by atoms with van der Waals surface area (Å²) in [6, 6.07) is 2.72. The number of rotatable bonds is 3. The number of halogens is 3. The van der Waals surface area contributed by atoms with Gasteiger partial charge < -0.3 is 10.5 Å². The molecule has 1 aromatic rings. The Hall–Kier alpha value is -1.32. The van der Waals surface area contributed by atoms with Crippen LogP contribution in [0.4, 0.5) is 18.9 Å². The maximum Gasteiger partial charge on any atom is 0.417 e. The number of nitrogens with two attached hydrogens (primary N) is 1. The Balaban J connectivity index is 2.38. The second kappa shape index (κ2) is 6.05. The highest BCUT2D eigenvalue weighted by Crippen LogP contribution is 2.37. The molecule has 0 aliphatic carbocycles. The first-order valence-electron chi connectivity index (χ1n) is 6.66. The molecule has 0 spiro atoms. The molecular weight excluding hydrogens is 321 g/mol. The van der Waals surface area contributed by atoms with Crippen LogP contribution in [0.1, 0.15) is 18.4 Å². The van der Waals surface area contributed by atoms with Gasteiger partial charge in [0.15, 0.2) is 0 Å². The molecule has 1 aliphatic heterocycles. The second-order valence-electron chi connectivity index (χ2n) is 5.09. The molecule has 2 N–H and O–H groups in total. The number of benzene rings is 1. The van der Waals surface area contributed by atoms with E-state index in [1.807, 2.05) is 0 Å². The van der Waals surface area contributed by atoms with Crippen molar-refractivity contribution in [3.8, 4) is 0 Å². The highest BCUT2D eigenvalue weighted by molar-refractivity contribution is 7.89. The summed E-state index contributed by atoms with van der Waals surface area (Å²) in [7, 11) is -2.70. The molecule has 0 unspecified atom stereocenters. The molecule has 9 heteroatoms. The molecule has 1 aliphatic rings. The summed E-state index contributed by atoms with van der Waals surface area (Å²) in [5.74, 6) is 0. The van der Waals surface area contributed by atoms with Gasteiger partial charge in [-0.25, -0.2) is 8.42 Å². The zero-order valence-electron chi connectivity index (χ0n) is 11.9. The van der Waals surface area contributed by atoms with E-state index in [-0.39, 0.29) is 24.9 Å². The molecule has 0 amide bonds. The van der Waals surface area contributed by atoms with E-state index < -0.39 is 26.7 Å². The van der Waals surface area contributed by atoms with E-state index in [2.05, 4.69) is 0 Å². The average Bonchev–Trinajstić information content (AvgIpc) is 2.46. The van der Waals surface area contributed by atoms with Gasteiger partial charge in [-0.1, -0.05) is 0 Å². The van der Waals surface area contributed by atoms with Gasteiger partial charge in [-0.15, -0.1) is 0 Å². The molecule has 0 bridgehead atoms. The van der Waals surface area contributed by atoms with Gasteiger partial charge in [-0.05, 0) is 31.0 Å². The van der Waals surface area contributed by atoms with Crippen molar-refractivity contribution in [1.82, 2.24) is 4.31 Å². The van der Waals surface area contributed by atoms with Crippen LogP contribution in [0, 0.1) is 0 Å². The molecule has 2 rings (SSSR count). The second-order valence-corrected chi connectivity index (χ2v) is 7.00. The van der Waals surface area contributed by atoms with Crippen LogP contribution in [-0.4, -0.2) is 39.0 Å². The van der Waals surface area contributed by atoms with E-state index in [1.165, 1.54) is 7.11 Å². The highest BCUT2D eigenvalue weighted by atomic mass is 32.2. The minimum atomic E-state index is -4.79. The zero-order chi connectivity index (χ0) is 16.5. The van der Waals surface area contributed by atoms with Crippen molar-refractivity contribution in [2.45, 2.75) is 30.0 Å². The van der Waals surface area contributed by atoms with E-state index in [0.29, 0.717) is 18.9 Å². The molecule has 1 saturated heterocycles. The molecule has 1 heterocycles. The summed E-state index contributed by atoms with van der Waals surface area (Å²) in [6.45, 7) is 0.255. The standard InChI is InChI=1S/C13H17F3N2O3S/c1-21-10-4-6-18(7-5-10)22(19,20)12-3-2-9(17)8-11(12)13(14,15)16/h2-3,8,10H,4-7,17H2,1H3. The van der Waals surface area contributed by atoms with Crippen molar-refractivity contribution in [2.24, 2.45) is 0 Å². The van der Waals surface area contributed by atoms with Crippen molar-refractivity contribution >= 4 is 15.7 Å². The lowest BCUT2D eigenvalue weighted by molar-refractivity contribution is -0.139. The minimum absolute atomic E-state index is 0.0695. The fourth-order valence-corrected chi connectivity index (χ4v) is 4.10. The van der Waals surface area contributed by atoms with E-state index in [4.69, 9.17) is 10.5 Å². The Kier molecular flexibility index (Phi) is 4.69. The van der Waals surface area contributed by atoms with Crippen LogP contribution in [0.5, 0.6) is 0 Å². The number of hydrogen-bond acceptors (Lipinski definition) is 4. The molecule has 0 aromatic heterocycles. The number of ether oxygens (including phenoxy) is 1. The largest absolute Gasteiger partial charge is 0.417 e. The summed E-state index contributed by atoms with van der Waals surface area (Å²) in [5.41, 5.74) is 3.99. The number of piperidine rings is 1. The maximum atomic E-state index is 13.1. The van der Waals surface area contributed by atoms with Gasteiger partial charge in [0.1, 0.15) is 0 Å². The molecule has 0 radical (unpaired) electrons. The molecule has 0 atom stereocenters. The fraction of sp³-hybridized carbons (Fsp3) is 0.538. The average molecular weight is 338 g/mol. The van der Waals surface area contributed by atoms with Crippen molar-refractivity contribution in [3.63, 3.8) is 0 Å². The maximum absolute atomic E-state index is 13.1. The minimum Gasteiger partial charge on any atom is -0.399 e. The lowest BCUT2D eigenvalue weighted by Crippen LogP contribution is -2.41. The van der Waals surface area contributed by atoms with Crippen molar-refractivity contribution in [1.29, 1.82) is 0 Å². The van der Waals surface area contributed by atoms with E-state index in [9.17, 15) is 21.6 Å². The summed E-state index contributed by atoms with van der Waals surface area (Å²) in [6.07, 6.45) is -3.96. The number of nitrogen functional groups attached to an aromatic ring is 1. The molecule has 1 aromatic carbocycles. The van der Waals surface area contributed by atoms with Gasteiger partial charge in [-0.3, -0.25) is 0 Å². The van der Waals surface area contributed by atoms with Crippen molar-refractivity contribution in [3.05, 3.63) is 23.8 Å². The summed E-state index contributed by atoms with van der Waals surface area (Å²) < 4.78 is 70.5. The van der Waals surface area contributed by atoms with E-state index in [1.54, 1.807) is 0 Å². The molecule has 0 saturated carbocycles. The smallest absolute Gasteiger partial charge is 0.399 e. The van der Waals surface area contributed by atoms with Gasteiger partial charge in [0.25, 0.3) is 0 Å². The molecule has 1 fully saturated rings. The third-order valence-electron chi connectivity index (χ3n) is 3.66. The lowest BCUT2D eigenvalue weighted by Gasteiger charge is -2.31. The van der Waals surface area contributed by atoms with Crippen LogP contribution in [0.15, 0.2) is 23.1 Å². The van der Waals surface area contributed by atoms with Crippen molar-refractivity contribution < 1.29 is 26.3 Å². The molecule has 5 nitrogen and oxygen atoms in total. The Morgan fingerprint density at radius 3 is 2.36 bits per heavy atom. The van der Waals surface area contributed by atoms with Crippen LogP contribution in [-0.2, 0) is 20.9 Å². The quantitative estimate of drug-likeness (QED) is 0.857. The monoisotopic (exact) mass is 338 g/mol. The normalized spacial score (nSPS) is 18.5. The van der Waals surface area contributed by atoms with E-state index >= 15 is 0 Å². The number of hydrogen-bond donors (Lipinski definition) is 1. The Bertz CT molecular complexity index is 638. The number of anilines is 1. The number of nitrogens with zero attached hydrogens (tertiary/aromatic N) is 1. The molecule has 22 heavy (non-hydrogen) atoms. The predicted molar refractivity (Wildman–Crippen MR) is 74.6 cm³/mol. The van der Waals surface area contributed by atoms with Gasteiger partial charge in [0.2, 0.25) is 10.0 Å². The fourth-order valence-electron chi connectivity index (χ4n) is 2.44. The van der Waals surface area contributed by atoms with Crippen LogP contribution >= 0.6 is 0 Å². The van der Waals surface area contributed by atoms with E-state index in [0.717, 1.165) is 16.4 Å². The molecular formula is C13H17F3N2O3S. The Morgan fingerprint density at radius 2 is 1.86 bits per heavy atom. The van der Waals surface area contributed by atoms with Gasteiger partial charge in [0, 0.05) is 25.9 Å². The van der Waals surface area contributed by atoms with Crippen LogP contribution < -0.4 is 5.73 Å². The first-order valence-corrected chi connectivity index (χ1v) is 8.10. The Labute approximate surface area is 126 Å². The first kappa shape index (κ1) is 17.0. The topological polar surface area (TPSA) is 72.6 Å². The molecule has 124 valence electrons. The third-order valence-corrected chi connectivity index (χ3v) is 5.62. The van der Waals surface area contributed by atoms with Crippen LogP contribution in [0.3, 0.4) is 0 Å². The summed E-state index contributed by atoms with van der Waals surface area (Å²) in [5, 5.41) is 0. The first-order chi connectivity index (χ1) is 10.2.